The fourth-order valence-corrected chi connectivity index (χ4v) is 2.74. The Labute approximate surface area is 140 Å². The molecule has 0 radical (unpaired) electrons. The Hall–Kier alpha value is -2.54. The van der Waals surface area contributed by atoms with Gasteiger partial charge in [0.2, 0.25) is 0 Å². The van der Waals surface area contributed by atoms with Gasteiger partial charge in [0.1, 0.15) is 11.5 Å². The van der Waals surface area contributed by atoms with Gasteiger partial charge in [0.05, 0.1) is 6.54 Å². The van der Waals surface area contributed by atoms with E-state index in [1.165, 1.54) is 17.4 Å². The van der Waals surface area contributed by atoms with Gasteiger partial charge in [-0.15, -0.1) is 0 Å². The highest BCUT2D eigenvalue weighted by molar-refractivity contribution is 5.60. The third kappa shape index (κ3) is 3.68. The molecule has 128 valence electrons. The molecule has 0 amide bonds. The van der Waals surface area contributed by atoms with Gasteiger partial charge in [-0.1, -0.05) is 30.3 Å². The van der Waals surface area contributed by atoms with Crippen molar-refractivity contribution in [3.05, 3.63) is 56.7 Å². The van der Waals surface area contributed by atoms with Crippen molar-refractivity contribution in [1.82, 2.24) is 14.5 Å². The van der Waals surface area contributed by atoms with Crippen LogP contribution in [0.2, 0.25) is 0 Å². The molecule has 3 rings (SSSR count). The molecule has 1 fully saturated rings. The first-order valence-corrected chi connectivity index (χ1v) is 8.17. The fourth-order valence-electron chi connectivity index (χ4n) is 2.74. The van der Waals surface area contributed by atoms with E-state index in [1.54, 1.807) is 0 Å². The Morgan fingerprint density at radius 2 is 2.00 bits per heavy atom. The molecule has 0 unspecified atom stereocenters. The number of hydrogen-bond acceptors (Lipinski definition) is 5. The number of H-pyrrole nitrogens is 1. The Bertz CT molecular complexity index is 808. The van der Waals surface area contributed by atoms with Gasteiger partial charge in [0, 0.05) is 19.1 Å². The number of nitrogens with two attached hydrogens (primary N) is 1. The topological polar surface area (TPSA) is 96.2 Å². The van der Waals surface area contributed by atoms with E-state index < -0.39 is 11.2 Å². The molecule has 24 heavy (non-hydrogen) atoms. The predicted octanol–water partition coefficient (Wildman–Crippen LogP) is 0.673. The van der Waals surface area contributed by atoms with E-state index in [1.807, 2.05) is 30.3 Å². The standard InChI is InChI=1S/C17H23N5O2/c1-21(13-7-8-13)10-9-19-14-15(18)22(17(24)20-16(14)23)11-12-5-3-2-4-6-12/h2-6,13,19H,7-11,18H2,1H3,(H,20,23,24). The molecule has 4 N–H and O–H groups in total. The van der Waals surface area contributed by atoms with Gasteiger partial charge in [-0.3, -0.25) is 14.3 Å². The minimum absolute atomic E-state index is 0.168. The van der Waals surface area contributed by atoms with Crippen LogP contribution in [0.25, 0.3) is 0 Å². The average Bonchev–Trinajstić information content (AvgIpc) is 3.40. The summed E-state index contributed by atoms with van der Waals surface area (Å²) in [5.74, 6) is 0.168. The number of hydrogen-bond donors (Lipinski definition) is 3. The summed E-state index contributed by atoms with van der Waals surface area (Å²) < 4.78 is 1.38. The molecule has 0 atom stereocenters. The lowest BCUT2D eigenvalue weighted by Gasteiger charge is -2.17. The maximum absolute atomic E-state index is 12.1. The molecule has 0 bridgehead atoms. The Balaban J connectivity index is 1.77. The first-order chi connectivity index (χ1) is 11.6. The quantitative estimate of drug-likeness (QED) is 0.694. The number of anilines is 2. The molecule has 1 aliphatic rings. The van der Waals surface area contributed by atoms with E-state index in [4.69, 9.17) is 5.73 Å². The predicted molar refractivity (Wildman–Crippen MR) is 95.4 cm³/mol. The van der Waals surface area contributed by atoms with Gasteiger partial charge in [-0.05, 0) is 25.5 Å². The number of aromatic nitrogens is 2. The number of aromatic amines is 1. The first-order valence-electron chi connectivity index (χ1n) is 8.17. The summed E-state index contributed by atoms with van der Waals surface area (Å²) in [6, 6.07) is 10.2. The number of benzene rings is 1. The zero-order chi connectivity index (χ0) is 17.1. The van der Waals surface area contributed by atoms with Crippen LogP contribution in [-0.2, 0) is 6.54 Å². The molecule has 1 aromatic heterocycles. The van der Waals surface area contributed by atoms with Crippen molar-refractivity contribution in [2.45, 2.75) is 25.4 Å². The van der Waals surface area contributed by atoms with Crippen LogP contribution in [0.15, 0.2) is 39.9 Å². The maximum Gasteiger partial charge on any atom is 0.330 e. The summed E-state index contributed by atoms with van der Waals surface area (Å²) in [7, 11) is 2.07. The minimum atomic E-state index is -0.498. The van der Waals surface area contributed by atoms with Crippen LogP contribution in [-0.4, -0.2) is 40.6 Å². The normalized spacial score (nSPS) is 14.1. The van der Waals surface area contributed by atoms with Crippen molar-refractivity contribution in [3.63, 3.8) is 0 Å². The second kappa shape index (κ2) is 6.92. The van der Waals surface area contributed by atoms with Crippen molar-refractivity contribution >= 4 is 11.5 Å². The van der Waals surface area contributed by atoms with Crippen molar-refractivity contribution < 1.29 is 0 Å². The van der Waals surface area contributed by atoms with Crippen LogP contribution in [0.4, 0.5) is 11.5 Å². The van der Waals surface area contributed by atoms with Crippen LogP contribution in [0.5, 0.6) is 0 Å². The molecular formula is C17H23N5O2. The number of likely N-dealkylation sites (N-methyl/N-ethyl adjacent to an activating group) is 1. The zero-order valence-electron chi connectivity index (χ0n) is 13.8. The summed E-state index contributed by atoms with van der Waals surface area (Å²) in [4.78, 5) is 28.7. The van der Waals surface area contributed by atoms with Gasteiger partial charge in [0.25, 0.3) is 5.56 Å². The van der Waals surface area contributed by atoms with E-state index in [0.717, 1.165) is 12.1 Å². The van der Waals surface area contributed by atoms with E-state index in [9.17, 15) is 9.59 Å². The van der Waals surface area contributed by atoms with Crippen molar-refractivity contribution in [1.29, 1.82) is 0 Å². The number of nitrogen functional groups attached to an aromatic ring is 1. The third-order valence-electron chi connectivity index (χ3n) is 4.36. The van der Waals surface area contributed by atoms with Gasteiger partial charge < -0.3 is 16.0 Å². The van der Waals surface area contributed by atoms with Gasteiger partial charge in [0.15, 0.2) is 0 Å². The third-order valence-corrected chi connectivity index (χ3v) is 4.36. The van der Waals surface area contributed by atoms with E-state index in [2.05, 4.69) is 22.2 Å². The second-order valence-electron chi connectivity index (χ2n) is 6.23. The largest absolute Gasteiger partial charge is 0.383 e. The van der Waals surface area contributed by atoms with E-state index >= 15 is 0 Å². The second-order valence-corrected chi connectivity index (χ2v) is 6.23. The van der Waals surface area contributed by atoms with E-state index in [-0.39, 0.29) is 11.5 Å². The summed E-state index contributed by atoms with van der Waals surface area (Å²) in [5.41, 5.74) is 6.32. The molecule has 0 saturated heterocycles. The van der Waals surface area contributed by atoms with Crippen LogP contribution in [0, 0.1) is 0 Å². The Morgan fingerprint density at radius 1 is 1.29 bits per heavy atom. The summed E-state index contributed by atoms with van der Waals surface area (Å²) >= 11 is 0. The Kier molecular flexibility index (Phi) is 4.71. The molecule has 2 aromatic rings. The monoisotopic (exact) mass is 329 g/mol. The van der Waals surface area contributed by atoms with Crippen molar-refractivity contribution in [3.8, 4) is 0 Å². The first kappa shape index (κ1) is 16.3. The molecule has 0 spiro atoms. The molecule has 0 aliphatic heterocycles. The van der Waals surface area contributed by atoms with Gasteiger partial charge >= 0.3 is 5.69 Å². The lowest BCUT2D eigenvalue weighted by Crippen LogP contribution is -2.35. The molecule has 1 heterocycles. The minimum Gasteiger partial charge on any atom is -0.383 e. The highest BCUT2D eigenvalue weighted by Gasteiger charge is 2.25. The highest BCUT2D eigenvalue weighted by atomic mass is 16.2. The van der Waals surface area contributed by atoms with Crippen LogP contribution in [0.3, 0.4) is 0 Å². The van der Waals surface area contributed by atoms with Crippen LogP contribution >= 0.6 is 0 Å². The summed E-state index contributed by atoms with van der Waals surface area (Å²) in [5, 5.41) is 3.08. The fraction of sp³-hybridized carbons (Fsp3) is 0.412. The average molecular weight is 329 g/mol. The smallest absolute Gasteiger partial charge is 0.330 e. The highest BCUT2D eigenvalue weighted by Crippen LogP contribution is 2.24. The number of nitrogens with zero attached hydrogens (tertiary/aromatic N) is 2. The summed E-state index contributed by atoms with van der Waals surface area (Å²) in [6.07, 6.45) is 2.47. The SMILES string of the molecule is CN(CCNc1c(N)n(Cc2ccccc2)c(=O)[nH]c1=O)C1CC1. The molecule has 7 heteroatoms. The van der Waals surface area contributed by atoms with Crippen LogP contribution in [0.1, 0.15) is 18.4 Å². The maximum atomic E-state index is 12.1. The molecule has 1 saturated carbocycles. The Morgan fingerprint density at radius 3 is 2.67 bits per heavy atom. The van der Waals surface area contributed by atoms with Gasteiger partial charge in [-0.2, -0.15) is 0 Å². The lowest BCUT2D eigenvalue weighted by atomic mass is 10.2. The summed E-state index contributed by atoms with van der Waals surface area (Å²) in [6.45, 7) is 1.74. The lowest BCUT2D eigenvalue weighted by molar-refractivity contribution is 0.337. The number of rotatable bonds is 7. The van der Waals surface area contributed by atoms with Gasteiger partial charge in [-0.25, -0.2) is 4.79 Å². The van der Waals surface area contributed by atoms with Crippen molar-refractivity contribution in [2.24, 2.45) is 0 Å². The van der Waals surface area contributed by atoms with Crippen LogP contribution < -0.4 is 22.3 Å². The number of nitrogens with one attached hydrogen (secondary N) is 2. The molecule has 7 nitrogen and oxygen atoms in total. The molecule has 1 aliphatic carbocycles. The molecule has 1 aromatic carbocycles. The van der Waals surface area contributed by atoms with E-state index in [0.29, 0.717) is 19.1 Å². The zero-order valence-corrected chi connectivity index (χ0v) is 13.8. The molecular weight excluding hydrogens is 306 g/mol. The van der Waals surface area contributed by atoms with Crippen molar-refractivity contribution in [2.75, 3.05) is 31.2 Å².